The summed E-state index contributed by atoms with van der Waals surface area (Å²) in [6, 6.07) is -19.1. The molecular weight excluding hydrogens is 1750 g/mol. The number of H-pyrrole nitrogens is 1. The summed E-state index contributed by atoms with van der Waals surface area (Å²) in [5.41, 5.74) is 23.6. The van der Waals surface area contributed by atoms with Crippen LogP contribution < -0.4 is 108 Å². The van der Waals surface area contributed by atoms with Crippen LogP contribution in [0, 0.1) is 17.8 Å². The van der Waals surface area contributed by atoms with Crippen LogP contribution in [0.1, 0.15) is 171 Å². The predicted molar refractivity (Wildman–Crippen MR) is 475 cm³/mol. The van der Waals surface area contributed by atoms with Crippen LogP contribution in [0.15, 0.2) is 42.9 Å². The second kappa shape index (κ2) is 58.8. The second-order valence-electron chi connectivity index (χ2n) is 33.9. The number of hydrogen-bond donors (Lipinski definition) is 28. The number of carboxylic acid groups (broad SMARTS) is 2. The fraction of sp³-hybridized carbons (Fsp3) is 0.667. The smallest absolute Gasteiger partial charge is 0.325 e. The van der Waals surface area contributed by atoms with Gasteiger partial charge in [-0.25, -0.2) is 4.98 Å². The van der Waals surface area contributed by atoms with Crippen molar-refractivity contribution in [2.75, 3.05) is 45.9 Å². The van der Waals surface area contributed by atoms with Crippen LogP contribution in [0.3, 0.4) is 0 Å². The molecule has 1 aliphatic rings. The molecule has 0 aliphatic carbocycles. The number of carbonyl (C=O) groups is 19. The number of aliphatic carboxylic acids is 2. The average molecular weight is 1890 g/mol. The zero-order valence-corrected chi connectivity index (χ0v) is 77.0. The molecule has 1 fully saturated rings. The molecule has 1 aliphatic heterocycles. The first-order chi connectivity index (χ1) is 62.6. The number of hydrogen-bond acceptors (Lipinski definition) is 29. The van der Waals surface area contributed by atoms with Crippen molar-refractivity contribution in [3.05, 3.63) is 54.1 Å². The average Bonchev–Trinajstić information content (AvgIpc) is 1.71. The molecule has 3 rings (SSSR count). The molecule has 17 amide bonds. The van der Waals surface area contributed by atoms with Crippen molar-refractivity contribution in [1.82, 2.24) is 99.9 Å². The summed E-state index contributed by atoms with van der Waals surface area (Å²) in [5.74, 6) is -22.5. The van der Waals surface area contributed by atoms with Gasteiger partial charge in [0, 0.05) is 25.6 Å². The predicted octanol–water partition coefficient (Wildman–Crippen LogP) is -9.63. The van der Waals surface area contributed by atoms with E-state index in [4.69, 9.17) is 22.9 Å². The van der Waals surface area contributed by atoms with Crippen molar-refractivity contribution in [3.8, 4) is 0 Å². The van der Waals surface area contributed by atoms with Crippen LogP contribution in [-0.2, 0) is 104 Å². The molecule has 32 N–H and O–H groups in total. The summed E-state index contributed by atoms with van der Waals surface area (Å²) in [6.07, 6.45) is -2.35. The van der Waals surface area contributed by atoms with E-state index in [9.17, 15) is 127 Å². The van der Waals surface area contributed by atoms with E-state index in [0.717, 1.165) is 20.8 Å². The Morgan fingerprint density at radius 2 is 0.850 bits per heavy atom. The van der Waals surface area contributed by atoms with E-state index in [0.29, 0.717) is 37.8 Å². The number of carbonyl (C=O) groups excluding carboxylic acids is 17. The lowest BCUT2D eigenvalue weighted by Gasteiger charge is -2.32. The highest BCUT2D eigenvalue weighted by molar-refractivity contribution is 6.02. The van der Waals surface area contributed by atoms with Crippen LogP contribution in [-0.4, -0.2) is 330 Å². The number of imidazole rings is 1. The van der Waals surface area contributed by atoms with Gasteiger partial charge in [0.1, 0.15) is 96.7 Å². The molecule has 0 spiro atoms. The molecule has 1 saturated heterocycles. The highest BCUT2D eigenvalue weighted by Crippen LogP contribution is 2.22. The minimum atomic E-state index is -2.13. The number of aromatic nitrogens is 2. The third-order valence-corrected chi connectivity index (χ3v) is 21.4. The largest absolute Gasteiger partial charge is 0.481 e. The highest BCUT2D eigenvalue weighted by atomic mass is 16.4. The Labute approximate surface area is 770 Å². The number of aromatic amines is 1. The lowest BCUT2D eigenvalue weighted by Crippen LogP contribution is -2.63. The van der Waals surface area contributed by atoms with E-state index in [1.807, 2.05) is 0 Å². The Hall–Kier alpha value is -12.0. The Balaban J connectivity index is 1.88. The van der Waals surface area contributed by atoms with Gasteiger partial charge >= 0.3 is 11.9 Å². The van der Waals surface area contributed by atoms with Gasteiger partial charge < -0.3 is 154 Å². The number of aliphatic hydroxyl groups excluding tert-OH is 5. The Morgan fingerprint density at radius 3 is 1.34 bits per heavy atom. The maximum absolute atomic E-state index is 14.7. The van der Waals surface area contributed by atoms with Gasteiger partial charge in [0.2, 0.25) is 100 Å². The number of nitrogens with zero attached hydrogens (tertiary/aromatic N) is 2. The number of amides is 17. The summed E-state index contributed by atoms with van der Waals surface area (Å²) in [7, 11) is 0. The molecule has 0 unspecified atom stereocenters. The van der Waals surface area contributed by atoms with Crippen molar-refractivity contribution >= 4 is 112 Å². The Bertz CT molecular complexity index is 4180. The fourth-order valence-electron chi connectivity index (χ4n) is 13.7. The molecule has 49 heteroatoms. The van der Waals surface area contributed by atoms with Gasteiger partial charge in [0.25, 0.3) is 0 Å². The second-order valence-corrected chi connectivity index (χ2v) is 33.9. The van der Waals surface area contributed by atoms with Crippen LogP contribution in [0.4, 0.5) is 0 Å². The molecule has 0 saturated carbocycles. The van der Waals surface area contributed by atoms with Crippen LogP contribution in [0.25, 0.3) is 0 Å². The van der Waals surface area contributed by atoms with E-state index >= 15 is 0 Å². The zero-order valence-electron chi connectivity index (χ0n) is 77.0. The SMILES string of the molecule is CC(C)C[C@H](NC(=O)[C@@H](NC(=O)[C@H](CO)NC(=O)[C@@H](N)CCCCN)[C@@H](C)O)C(=O)N[C@H](C(=O)NCC(=O)N[C@@H](Cc1c[nH]cn1)C(=O)N[C@@H](CC(=O)O)C(=O)N[C@H](C(=O)N[C@@H](Cc1ccccc1)C(=O)N[C@H](C(=O)N[C@@H](CCCCN)C(=O)N[C@H](C(=O)N[C@@H](CCCCN)C(=O)N1CCC[C@H]1C(=O)N[C@@H](CO)C(=O)N[C@@H](C)C(=O)N[C@@H](C)C(=O)O)C(C)C)[C@@H](C)O)[C@@H](C)O)C(C)C. The molecule has 0 radical (unpaired) electrons. The number of benzene rings is 1. The lowest BCUT2D eigenvalue weighted by molar-refractivity contribution is -0.143. The highest BCUT2D eigenvalue weighted by Gasteiger charge is 2.44. The normalized spacial score (nSPS) is 16.8. The van der Waals surface area contributed by atoms with Crippen molar-refractivity contribution in [1.29, 1.82) is 0 Å². The van der Waals surface area contributed by atoms with E-state index in [2.05, 4.69) is 95.0 Å². The summed E-state index contributed by atoms with van der Waals surface area (Å²) in [6.45, 7) is 13.1. The third-order valence-electron chi connectivity index (χ3n) is 21.4. The first-order valence-electron chi connectivity index (χ1n) is 44.4. The number of aliphatic hydroxyl groups is 5. The first-order valence-corrected chi connectivity index (χ1v) is 44.4. The van der Waals surface area contributed by atoms with Gasteiger partial charge in [-0.05, 0) is 148 Å². The minimum absolute atomic E-state index is 0.00221. The number of unbranched alkanes of at least 4 members (excludes halogenated alkanes) is 3. The van der Waals surface area contributed by atoms with Gasteiger partial charge in [-0.3, -0.25) is 91.1 Å². The zero-order chi connectivity index (χ0) is 100. The number of likely N-dealkylation sites (tertiary alicyclic amines) is 1. The molecule has 2 aromatic rings. The Kier molecular flexibility index (Phi) is 50.9. The maximum Gasteiger partial charge on any atom is 0.325 e. The standard InChI is InChI=1S/C84H139N23O26/c1-41(2)32-54(98-81(129)67(48(11)112)106-76(124)59(39-109)100-69(117)51(88)24-15-18-28-85)72(120)102-63(42(3)4)78(126)90-37-61(113)94-56(34-50-36-89-40-91-50)71(119)97-57(35-62(114)115)74(122)105-66(47(10)111)82(130)99-55(33-49-22-13-12-14-23-49)73(121)104-65(46(9)110)80(128)95-52(25-16-19-29-86)70(118)103-64(43(5)6)79(127)96-53(26-17-20-30-87)83(131)107-31-21-27-60(107)77(125)101-58(38-108)75(123)92-44(7)68(116)93-45(8)84(132)133/h12-14,22-23,36,40-48,51-60,63-67,108-112H,15-21,24-35,37-39,85-88H2,1-11H3,(H,89,91)(H,90,126)(H,92,123)(H,93,116)(H,94,113)(H,95,128)(H,96,127)(H,97,119)(H,98,129)(H,99,130)(H,100,117)(H,101,125)(H,102,120)(H,103,118)(H,104,121)(H,105,122)(H,106,124)(H,114,115)(H,132,133)/t44-,45-,46+,47+,48+,51-,52-,53-,54-,55-,56-,57-,58-,59-,60-,63-,64-,65-,66-,67-/m0/s1. The van der Waals surface area contributed by atoms with Crippen LogP contribution >= 0.6 is 0 Å². The summed E-state index contributed by atoms with van der Waals surface area (Å²) in [5, 5.41) is 111. The van der Waals surface area contributed by atoms with E-state index in [1.165, 1.54) is 45.1 Å². The van der Waals surface area contributed by atoms with Crippen LogP contribution in [0.5, 0.6) is 0 Å². The minimum Gasteiger partial charge on any atom is -0.481 e. The van der Waals surface area contributed by atoms with Crippen molar-refractivity contribution in [3.63, 3.8) is 0 Å². The third kappa shape index (κ3) is 39.8. The molecule has 0 bridgehead atoms. The monoisotopic (exact) mass is 1890 g/mol. The number of nitrogens with one attached hydrogen (secondary N) is 17. The lowest BCUT2D eigenvalue weighted by atomic mass is 9.99. The van der Waals surface area contributed by atoms with Gasteiger partial charge in [-0.1, -0.05) is 78.3 Å². The fourth-order valence-corrected chi connectivity index (χ4v) is 13.7. The molecule has 1 aromatic carbocycles. The number of carboxylic acids is 2. The summed E-state index contributed by atoms with van der Waals surface area (Å²) < 4.78 is 0. The molecular formula is C84H139N23O26. The van der Waals surface area contributed by atoms with Crippen LogP contribution in [0.2, 0.25) is 0 Å². The number of nitrogens with two attached hydrogens (primary N) is 4. The van der Waals surface area contributed by atoms with Gasteiger partial charge in [-0.2, -0.15) is 0 Å². The van der Waals surface area contributed by atoms with Crippen molar-refractivity contribution in [2.45, 2.75) is 293 Å². The first kappa shape index (κ1) is 115. The number of rotatable bonds is 61. The van der Waals surface area contributed by atoms with E-state index in [-0.39, 0.29) is 82.6 Å². The summed E-state index contributed by atoms with van der Waals surface area (Å²) in [4.78, 5) is 269. The molecule has 20 atom stereocenters. The van der Waals surface area contributed by atoms with Gasteiger partial charge in [0.15, 0.2) is 0 Å². The molecule has 133 heavy (non-hydrogen) atoms. The van der Waals surface area contributed by atoms with Crippen molar-refractivity contribution in [2.24, 2.45) is 40.7 Å². The quantitative estimate of drug-likeness (QED) is 0.0274. The van der Waals surface area contributed by atoms with Gasteiger partial charge in [0.05, 0.1) is 62.6 Å². The molecule has 2 heterocycles. The molecule has 1 aromatic heterocycles. The molecule has 746 valence electrons. The van der Waals surface area contributed by atoms with Gasteiger partial charge in [-0.15, -0.1) is 0 Å². The maximum atomic E-state index is 14.7. The summed E-state index contributed by atoms with van der Waals surface area (Å²) >= 11 is 0. The van der Waals surface area contributed by atoms with E-state index in [1.54, 1.807) is 58.0 Å². The van der Waals surface area contributed by atoms with Crippen molar-refractivity contribution < 1.29 is 127 Å². The Morgan fingerprint density at radius 1 is 0.436 bits per heavy atom. The van der Waals surface area contributed by atoms with E-state index < -0.39 is 284 Å². The molecule has 49 nitrogen and oxygen atoms in total. The topological polar surface area (TPSA) is 794 Å².